The highest BCUT2D eigenvalue weighted by Crippen LogP contribution is 2.64. The van der Waals surface area contributed by atoms with Gasteiger partial charge < -0.3 is 14.7 Å². The van der Waals surface area contributed by atoms with E-state index in [1.165, 1.54) is 6.42 Å². The second kappa shape index (κ2) is 7.48. The predicted molar refractivity (Wildman–Crippen MR) is 120 cm³/mol. The Morgan fingerprint density at radius 3 is 2.52 bits per heavy atom. The van der Waals surface area contributed by atoms with Crippen LogP contribution in [-0.4, -0.2) is 39.6 Å². The first-order valence-electron chi connectivity index (χ1n) is 12.6. The number of likely N-dealkylation sites (tertiary alicyclic amines) is 1. The summed E-state index contributed by atoms with van der Waals surface area (Å²) >= 11 is 0. The number of nitrogens with zero attached hydrogens (tertiary/aromatic N) is 2. The van der Waals surface area contributed by atoms with E-state index in [0.29, 0.717) is 43.1 Å². The van der Waals surface area contributed by atoms with Crippen molar-refractivity contribution < 1.29 is 19.4 Å². The van der Waals surface area contributed by atoms with Crippen molar-refractivity contribution in [1.82, 2.24) is 4.90 Å². The number of aromatic hydroxyl groups is 1. The van der Waals surface area contributed by atoms with Gasteiger partial charge >= 0.3 is 5.97 Å². The predicted octanol–water partition coefficient (Wildman–Crippen LogP) is 4.11. The third-order valence-corrected chi connectivity index (χ3v) is 9.08. The maximum Gasteiger partial charge on any atom is 0.306 e. The zero-order valence-corrected chi connectivity index (χ0v) is 19.0. The van der Waals surface area contributed by atoms with E-state index >= 15 is 0 Å². The molecular formula is C27H32N2O4. The number of amides is 1. The van der Waals surface area contributed by atoms with Gasteiger partial charge in [0.25, 0.3) is 0 Å². The number of hydrogen-bond acceptors (Lipinski definition) is 5. The molecule has 1 saturated heterocycles. The minimum atomic E-state index is -0.418. The number of hydrogen-bond donors (Lipinski definition) is 1. The van der Waals surface area contributed by atoms with Gasteiger partial charge in [0.1, 0.15) is 17.4 Å². The second-order valence-electron chi connectivity index (χ2n) is 11.7. The number of carbonyl (C=O) groups is 2. The molecule has 1 aromatic carbocycles. The molecule has 6 heteroatoms. The largest absolute Gasteiger partial charge is 0.508 e. The maximum atomic E-state index is 13.4. The normalized spacial score (nSPS) is 39.7. The molecule has 0 spiro atoms. The molecule has 0 aromatic heterocycles. The Kier molecular flexibility index (Phi) is 4.76. The van der Waals surface area contributed by atoms with E-state index in [4.69, 9.17) is 4.74 Å². The highest BCUT2D eigenvalue weighted by molar-refractivity contribution is 5.79. The van der Waals surface area contributed by atoms with E-state index in [-0.39, 0.29) is 29.1 Å². The number of benzene rings is 1. The fraction of sp³-hybridized carbons (Fsp3) is 0.667. The Hall–Kier alpha value is -2.55. The second-order valence-corrected chi connectivity index (χ2v) is 11.7. The summed E-state index contributed by atoms with van der Waals surface area (Å²) in [7, 11) is 0. The van der Waals surface area contributed by atoms with Gasteiger partial charge in [-0.25, -0.2) is 0 Å². The molecule has 1 amide bonds. The third kappa shape index (κ3) is 3.80. The van der Waals surface area contributed by atoms with Gasteiger partial charge in [-0.05, 0) is 98.7 Å². The molecule has 1 N–H and O–H groups in total. The van der Waals surface area contributed by atoms with Crippen molar-refractivity contribution in [2.75, 3.05) is 0 Å². The van der Waals surface area contributed by atoms with Crippen molar-refractivity contribution in [2.45, 2.75) is 88.3 Å². The van der Waals surface area contributed by atoms with Gasteiger partial charge in [-0.2, -0.15) is 5.26 Å². The fourth-order valence-corrected chi connectivity index (χ4v) is 8.24. The topological polar surface area (TPSA) is 90.6 Å². The molecule has 1 heterocycles. The monoisotopic (exact) mass is 448 g/mol. The summed E-state index contributed by atoms with van der Waals surface area (Å²) in [5, 5.41) is 19.0. The van der Waals surface area contributed by atoms with Crippen LogP contribution in [-0.2, 0) is 20.7 Å². The number of esters is 1. The molecule has 4 bridgehead atoms. The molecule has 5 unspecified atom stereocenters. The van der Waals surface area contributed by atoms with Gasteiger partial charge in [0.2, 0.25) is 5.91 Å². The zero-order chi connectivity index (χ0) is 22.8. The number of rotatable bonds is 6. The molecular weight excluding hydrogens is 416 g/mol. The van der Waals surface area contributed by atoms with Crippen LogP contribution in [0.3, 0.4) is 0 Å². The van der Waals surface area contributed by atoms with Crippen molar-refractivity contribution in [3.8, 4) is 11.8 Å². The van der Waals surface area contributed by atoms with Crippen molar-refractivity contribution in [1.29, 1.82) is 5.26 Å². The van der Waals surface area contributed by atoms with E-state index in [1.54, 1.807) is 12.1 Å². The average Bonchev–Trinajstić information content (AvgIpc) is 3.40. The lowest BCUT2D eigenvalue weighted by Gasteiger charge is -2.61. The minimum Gasteiger partial charge on any atom is -0.508 e. The number of ether oxygens (including phenoxy) is 1. The number of nitriles is 1. The van der Waals surface area contributed by atoms with Crippen molar-refractivity contribution in [2.24, 2.45) is 23.2 Å². The summed E-state index contributed by atoms with van der Waals surface area (Å²) in [5.74, 6) is 1.82. The minimum absolute atomic E-state index is 0.0780. The quantitative estimate of drug-likeness (QED) is 0.662. The standard InChI is InChI=1S/C27H32N2O4/c28-15-21-8-20-9-23(20)29(21)24(31)14-26-10-18-7-19(11-26)13-27(12-18,16-26)33-25(32)6-3-17-1-4-22(30)5-2-17/h1-2,4-5,18-21,23,30H,3,6-14,16H2. The van der Waals surface area contributed by atoms with Gasteiger partial charge in [-0.3, -0.25) is 9.59 Å². The van der Waals surface area contributed by atoms with Crippen LogP contribution in [0.4, 0.5) is 0 Å². The Morgan fingerprint density at radius 1 is 1.09 bits per heavy atom. The molecule has 5 atom stereocenters. The molecule has 174 valence electrons. The lowest BCUT2D eigenvalue weighted by atomic mass is 9.47. The van der Waals surface area contributed by atoms with Crippen LogP contribution in [0, 0.1) is 34.5 Å². The van der Waals surface area contributed by atoms with Gasteiger partial charge in [-0.1, -0.05) is 12.1 Å². The molecule has 1 aliphatic heterocycles. The average molecular weight is 449 g/mol. The highest BCUT2D eigenvalue weighted by atomic mass is 16.6. The Labute approximate surface area is 194 Å². The molecule has 6 fully saturated rings. The Morgan fingerprint density at radius 2 is 1.82 bits per heavy atom. The van der Waals surface area contributed by atoms with E-state index in [9.17, 15) is 20.0 Å². The zero-order valence-electron chi connectivity index (χ0n) is 19.0. The van der Waals surface area contributed by atoms with Crippen LogP contribution in [0.15, 0.2) is 24.3 Å². The van der Waals surface area contributed by atoms with Gasteiger partial charge in [0, 0.05) is 18.9 Å². The molecule has 5 saturated carbocycles. The van der Waals surface area contributed by atoms with Gasteiger partial charge in [-0.15, -0.1) is 0 Å². The van der Waals surface area contributed by atoms with E-state index in [1.807, 2.05) is 17.0 Å². The molecule has 1 aromatic rings. The summed E-state index contributed by atoms with van der Waals surface area (Å²) in [4.78, 5) is 28.1. The molecule has 6 nitrogen and oxygen atoms in total. The number of carbonyl (C=O) groups excluding carboxylic acids is 2. The number of phenols is 1. The van der Waals surface area contributed by atoms with Gasteiger partial charge in [0.15, 0.2) is 0 Å². The lowest BCUT2D eigenvalue weighted by molar-refractivity contribution is -0.203. The van der Waals surface area contributed by atoms with Crippen LogP contribution in [0.5, 0.6) is 5.75 Å². The molecule has 7 rings (SSSR count). The molecule has 0 radical (unpaired) electrons. The van der Waals surface area contributed by atoms with Crippen LogP contribution < -0.4 is 0 Å². The molecule has 5 aliphatic carbocycles. The van der Waals surface area contributed by atoms with E-state index in [0.717, 1.165) is 50.5 Å². The van der Waals surface area contributed by atoms with Crippen molar-refractivity contribution in [3.05, 3.63) is 29.8 Å². The van der Waals surface area contributed by atoms with Crippen LogP contribution in [0.2, 0.25) is 0 Å². The molecule has 33 heavy (non-hydrogen) atoms. The summed E-state index contributed by atoms with van der Waals surface area (Å²) < 4.78 is 6.23. The smallest absolute Gasteiger partial charge is 0.306 e. The summed E-state index contributed by atoms with van der Waals surface area (Å²) in [6.45, 7) is 0. The van der Waals surface area contributed by atoms with E-state index < -0.39 is 5.60 Å². The van der Waals surface area contributed by atoms with Crippen LogP contribution >= 0.6 is 0 Å². The number of piperidine rings is 1. The first kappa shape index (κ1) is 21.0. The number of fused-ring (bicyclic) bond motifs is 1. The summed E-state index contributed by atoms with van der Waals surface area (Å²) in [6, 6.07) is 9.35. The molecule has 6 aliphatic rings. The SMILES string of the molecule is N#CC1CC2CC2N1C(=O)CC12CC3CC(C1)CC(OC(=O)CCc1ccc(O)cc1)(C3)C2. The van der Waals surface area contributed by atoms with E-state index in [2.05, 4.69) is 6.07 Å². The highest BCUT2D eigenvalue weighted by Gasteiger charge is 2.61. The first-order valence-corrected chi connectivity index (χ1v) is 12.6. The fourth-order valence-electron chi connectivity index (χ4n) is 8.24. The van der Waals surface area contributed by atoms with Crippen molar-refractivity contribution in [3.63, 3.8) is 0 Å². The lowest BCUT2D eigenvalue weighted by Crippen LogP contribution is -2.58. The summed E-state index contributed by atoms with van der Waals surface area (Å²) in [5.41, 5.74) is 0.511. The van der Waals surface area contributed by atoms with Gasteiger partial charge in [0.05, 0.1) is 6.07 Å². The van der Waals surface area contributed by atoms with Crippen molar-refractivity contribution >= 4 is 11.9 Å². The number of aryl methyl sites for hydroxylation is 1. The first-order chi connectivity index (χ1) is 15.9. The third-order valence-electron chi connectivity index (χ3n) is 9.08. The maximum absolute atomic E-state index is 13.4. The number of phenolic OH excluding ortho intramolecular Hbond substituents is 1. The summed E-state index contributed by atoms with van der Waals surface area (Å²) in [6.07, 6.45) is 9.29. The Bertz CT molecular complexity index is 998. The Balaban J connectivity index is 1.13. The van der Waals surface area contributed by atoms with Crippen LogP contribution in [0.25, 0.3) is 0 Å². The van der Waals surface area contributed by atoms with Crippen LogP contribution in [0.1, 0.15) is 69.8 Å².